The van der Waals surface area contributed by atoms with Crippen LogP contribution in [0.2, 0.25) is 0 Å². The number of likely N-dealkylation sites (tertiary alicyclic amines) is 1. The number of H-pyrrole nitrogens is 1. The zero-order valence-electron chi connectivity index (χ0n) is 17.6. The lowest BCUT2D eigenvalue weighted by molar-refractivity contribution is 0.0631. The number of amides is 1. The Bertz CT molecular complexity index is 1040. The molecule has 1 atom stereocenters. The second-order valence-corrected chi connectivity index (χ2v) is 9.51. The average Bonchev–Trinajstić information content (AvgIpc) is 3.01. The van der Waals surface area contributed by atoms with Crippen LogP contribution in [0.4, 0.5) is 4.39 Å². The number of hydrogen-bond donors (Lipinski definition) is 1. The molecule has 0 bridgehead atoms. The lowest BCUT2D eigenvalue weighted by Gasteiger charge is -2.41. The van der Waals surface area contributed by atoms with Crippen molar-refractivity contribution in [3.05, 3.63) is 62.6 Å². The summed E-state index contributed by atoms with van der Waals surface area (Å²) < 4.78 is 14.0. The van der Waals surface area contributed by atoms with Crippen molar-refractivity contribution in [2.24, 2.45) is 0 Å². The minimum absolute atomic E-state index is 0.0544. The third-order valence-electron chi connectivity index (χ3n) is 6.44. The van der Waals surface area contributed by atoms with Gasteiger partial charge in [0.05, 0.1) is 5.69 Å². The van der Waals surface area contributed by atoms with Crippen molar-refractivity contribution < 1.29 is 9.18 Å². The van der Waals surface area contributed by atoms with Gasteiger partial charge >= 0.3 is 0 Å². The zero-order valence-corrected chi connectivity index (χ0v) is 17.6. The number of piperidine rings is 1. The first-order valence-corrected chi connectivity index (χ1v) is 10.3. The van der Waals surface area contributed by atoms with Crippen molar-refractivity contribution in [3.63, 3.8) is 0 Å². The van der Waals surface area contributed by atoms with E-state index < -0.39 is 0 Å². The molecule has 2 aromatic rings. The molecule has 2 heterocycles. The number of nitrogens with zero attached hydrogens (tertiary/aromatic N) is 2. The van der Waals surface area contributed by atoms with Crippen LogP contribution >= 0.6 is 0 Å². The molecule has 1 unspecified atom stereocenters. The van der Waals surface area contributed by atoms with Gasteiger partial charge in [0.2, 0.25) is 0 Å². The number of benzene rings is 1. The van der Waals surface area contributed by atoms with Gasteiger partial charge in [-0.1, -0.05) is 26.8 Å². The van der Waals surface area contributed by atoms with E-state index in [4.69, 9.17) is 4.98 Å². The molecule has 4 rings (SSSR count). The Morgan fingerprint density at radius 3 is 2.76 bits per heavy atom. The summed E-state index contributed by atoms with van der Waals surface area (Å²) >= 11 is 0. The lowest BCUT2D eigenvalue weighted by atomic mass is 9.77. The van der Waals surface area contributed by atoms with Crippen LogP contribution in [0.1, 0.15) is 73.0 Å². The maximum Gasteiger partial charge on any atom is 0.254 e. The first-order valence-electron chi connectivity index (χ1n) is 10.3. The molecule has 1 N–H and O–H groups in total. The molecule has 1 aliphatic carbocycles. The van der Waals surface area contributed by atoms with Gasteiger partial charge in [-0.25, -0.2) is 9.37 Å². The Balaban J connectivity index is 1.71. The highest BCUT2D eigenvalue weighted by molar-refractivity contribution is 5.95. The first kappa shape index (κ1) is 19.8. The van der Waals surface area contributed by atoms with E-state index >= 15 is 0 Å². The molecular formula is C23H28FN3O2. The Hall–Kier alpha value is -2.50. The summed E-state index contributed by atoms with van der Waals surface area (Å²) in [4.78, 5) is 35.6. The van der Waals surface area contributed by atoms with Crippen molar-refractivity contribution >= 4 is 5.91 Å². The van der Waals surface area contributed by atoms with E-state index in [1.807, 2.05) is 25.7 Å². The molecule has 1 saturated heterocycles. The van der Waals surface area contributed by atoms with Gasteiger partial charge in [0.15, 0.2) is 0 Å². The molecule has 1 aromatic heterocycles. The maximum absolute atomic E-state index is 14.0. The molecule has 6 heteroatoms. The number of nitrogens with one attached hydrogen (secondary N) is 1. The van der Waals surface area contributed by atoms with Crippen molar-refractivity contribution in [1.29, 1.82) is 0 Å². The van der Waals surface area contributed by atoms with E-state index in [2.05, 4.69) is 4.98 Å². The first-order chi connectivity index (χ1) is 13.6. The highest BCUT2D eigenvalue weighted by Gasteiger charge is 2.46. The van der Waals surface area contributed by atoms with Crippen LogP contribution in [-0.2, 0) is 17.3 Å². The smallest absolute Gasteiger partial charge is 0.254 e. The monoisotopic (exact) mass is 397 g/mol. The average molecular weight is 397 g/mol. The van der Waals surface area contributed by atoms with E-state index in [0.29, 0.717) is 36.5 Å². The predicted octanol–water partition coefficient (Wildman–Crippen LogP) is 3.64. The maximum atomic E-state index is 14.0. The van der Waals surface area contributed by atoms with E-state index in [9.17, 15) is 14.0 Å². The van der Waals surface area contributed by atoms with Crippen LogP contribution in [0.3, 0.4) is 0 Å². The van der Waals surface area contributed by atoms with Crippen molar-refractivity contribution in [2.75, 3.05) is 13.1 Å². The third kappa shape index (κ3) is 3.28. The van der Waals surface area contributed by atoms with Crippen molar-refractivity contribution in [3.8, 4) is 0 Å². The lowest BCUT2D eigenvalue weighted by Crippen LogP contribution is -2.48. The molecular weight excluding hydrogens is 369 g/mol. The Morgan fingerprint density at radius 2 is 2.03 bits per heavy atom. The minimum atomic E-state index is -0.364. The Kier molecular flexibility index (Phi) is 4.63. The normalized spacial score (nSPS) is 21.5. The molecule has 29 heavy (non-hydrogen) atoms. The van der Waals surface area contributed by atoms with Gasteiger partial charge in [-0.2, -0.15) is 0 Å². The summed E-state index contributed by atoms with van der Waals surface area (Å²) in [6.07, 6.45) is 3.26. The fourth-order valence-corrected chi connectivity index (χ4v) is 4.72. The largest absolute Gasteiger partial charge is 0.338 e. The minimum Gasteiger partial charge on any atom is -0.338 e. The van der Waals surface area contributed by atoms with E-state index in [-0.39, 0.29) is 28.1 Å². The van der Waals surface area contributed by atoms with Gasteiger partial charge in [0.1, 0.15) is 11.6 Å². The number of fused-ring (bicyclic) bond motifs is 2. The number of hydrogen-bond acceptors (Lipinski definition) is 3. The fraction of sp³-hybridized carbons (Fsp3) is 0.522. The molecule has 154 valence electrons. The summed E-state index contributed by atoms with van der Waals surface area (Å²) in [5.41, 5.74) is 1.80. The predicted molar refractivity (Wildman–Crippen MR) is 110 cm³/mol. The highest BCUT2D eigenvalue weighted by Crippen LogP contribution is 2.43. The molecule has 1 aliphatic heterocycles. The fourth-order valence-electron chi connectivity index (χ4n) is 4.72. The Labute approximate surface area is 170 Å². The number of carbonyl (C=O) groups is 1. The van der Waals surface area contributed by atoms with Crippen LogP contribution in [0, 0.1) is 12.7 Å². The molecule has 5 nitrogen and oxygen atoms in total. The quantitative estimate of drug-likeness (QED) is 0.799. The van der Waals surface area contributed by atoms with Crippen LogP contribution in [0.15, 0.2) is 23.0 Å². The second kappa shape index (κ2) is 6.78. The van der Waals surface area contributed by atoms with Gasteiger partial charge in [-0.05, 0) is 50.3 Å². The molecule has 0 radical (unpaired) electrons. The number of aromatic amines is 1. The van der Waals surface area contributed by atoms with Crippen LogP contribution in [0.25, 0.3) is 0 Å². The number of carbonyl (C=O) groups excluding carboxylic acids is 1. The van der Waals surface area contributed by atoms with Crippen LogP contribution in [0.5, 0.6) is 0 Å². The standard InChI is InChI=1S/C23H28FN3O2/c1-14-15(7-5-8-17(14)24)20(29)27-12-6-10-23(13-27)11-9-16-18(23)25-21(22(2,3)4)26-19(16)28/h5,7-8H,6,9-13H2,1-4H3,(H,25,26,28). The van der Waals surface area contributed by atoms with Crippen LogP contribution < -0.4 is 5.56 Å². The molecule has 2 aliphatic rings. The second-order valence-electron chi connectivity index (χ2n) is 9.51. The summed E-state index contributed by atoms with van der Waals surface area (Å²) in [6.45, 7) is 8.90. The van der Waals surface area contributed by atoms with Crippen molar-refractivity contribution in [1.82, 2.24) is 14.9 Å². The van der Waals surface area contributed by atoms with Gasteiger partial charge in [0.25, 0.3) is 11.5 Å². The van der Waals surface area contributed by atoms with Crippen molar-refractivity contribution in [2.45, 2.75) is 64.2 Å². The third-order valence-corrected chi connectivity index (χ3v) is 6.44. The van der Waals surface area contributed by atoms with Gasteiger partial charge < -0.3 is 9.88 Å². The van der Waals surface area contributed by atoms with Crippen LogP contribution in [-0.4, -0.2) is 33.9 Å². The topological polar surface area (TPSA) is 66.1 Å². The van der Waals surface area contributed by atoms with Gasteiger partial charge in [-0.3, -0.25) is 9.59 Å². The zero-order chi connectivity index (χ0) is 21.0. The summed E-state index contributed by atoms with van der Waals surface area (Å²) in [6, 6.07) is 4.64. The molecule has 1 fully saturated rings. The summed E-state index contributed by atoms with van der Waals surface area (Å²) in [7, 11) is 0. The highest BCUT2D eigenvalue weighted by atomic mass is 19.1. The molecule has 1 amide bonds. The molecule has 1 spiro atoms. The number of rotatable bonds is 1. The van der Waals surface area contributed by atoms with E-state index in [1.54, 1.807) is 19.1 Å². The Morgan fingerprint density at radius 1 is 1.28 bits per heavy atom. The summed E-state index contributed by atoms with van der Waals surface area (Å²) in [5.74, 6) is 0.180. The summed E-state index contributed by atoms with van der Waals surface area (Å²) in [5, 5.41) is 0. The van der Waals surface area contributed by atoms with Gasteiger partial charge in [0, 0.05) is 35.0 Å². The molecule has 0 saturated carbocycles. The van der Waals surface area contributed by atoms with E-state index in [0.717, 1.165) is 30.5 Å². The molecule has 1 aromatic carbocycles. The number of aromatic nitrogens is 2. The SMILES string of the molecule is Cc1c(F)cccc1C(=O)N1CCCC2(CCc3c2nc(C(C)(C)C)[nH]c3=O)C1. The van der Waals surface area contributed by atoms with E-state index in [1.165, 1.54) is 6.07 Å². The number of halogens is 1. The van der Waals surface area contributed by atoms with Gasteiger partial charge in [-0.15, -0.1) is 0 Å².